The summed E-state index contributed by atoms with van der Waals surface area (Å²) in [6, 6.07) is 4.41. The third-order valence-corrected chi connectivity index (χ3v) is 3.68. The number of anilines is 2. The minimum Gasteiger partial charge on any atom is -0.363 e. The second-order valence-electron chi connectivity index (χ2n) is 5.55. The van der Waals surface area contributed by atoms with Gasteiger partial charge in [-0.25, -0.2) is 4.98 Å². The van der Waals surface area contributed by atoms with Crippen LogP contribution < -0.4 is 9.80 Å². The molecular weight excluding hydrogens is 319 g/mol. The maximum atomic E-state index is 13.2. The molecule has 0 N–H and O–H groups in total. The van der Waals surface area contributed by atoms with Crippen LogP contribution in [0.4, 0.5) is 24.9 Å². The number of rotatable bonds is 5. The third-order valence-electron chi connectivity index (χ3n) is 3.68. The van der Waals surface area contributed by atoms with E-state index in [9.17, 15) is 13.2 Å². The van der Waals surface area contributed by atoms with Gasteiger partial charge in [-0.1, -0.05) is 6.07 Å². The van der Waals surface area contributed by atoms with Gasteiger partial charge in [0.25, 0.3) is 0 Å². The van der Waals surface area contributed by atoms with Crippen LogP contribution in [0.15, 0.2) is 30.6 Å². The summed E-state index contributed by atoms with van der Waals surface area (Å²) in [6.45, 7) is 4.20. The minimum atomic E-state index is -4.53. The van der Waals surface area contributed by atoms with Gasteiger partial charge in [0.15, 0.2) is 5.69 Å². The lowest BCUT2D eigenvalue weighted by Crippen LogP contribution is -2.30. The lowest BCUT2D eigenvalue weighted by Gasteiger charge is -2.29. The second-order valence-corrected chi connectivity index (χ2v) is 5.55. The van der Waals surface area contributed by atoms with Crippen molar-refractivity contribution in [3.63, 3.8) is 0 Å². The number of hydrogen-bond acceptors (Lipinski definition) is 5. The minimum absolute atomic E-state index is 0.0485. The number of pyridine rings is 1. The van der Waals surface area contributed by atoms with Crippen LogP contribution in [0.25, 0.3) is 0 Å². The fraction of sp³-hybridized carbons (Fsp3) is 0.438. The summed E-state index contributed by atoms with van der Waals surface area (Å²) >= 11 is 0. The highest BCUT2D eigenvalue weighted by Gasteiger charge is 2.34. The Hall–Kier alpha value is -2.38. The topological polar surface area (TPSA) is 45.2 Å². The smallest absolute Gasteiger partial charge is 0.363 e. The molecule has 5 nitrogen and oxygen atoms in total. The molecule has 0 radical (unpaired) electrons. The molecule has 0 aliphatic carbocycles. The van der Waals surface area contributed by atoms with Crippen molar-refractivity contribution in [1.29, 1.82) is 0 Å². The molecule has 8 heteroatoms. The maximum absolute atomic E-state index is 13.2. The molecule has 2 rings (SSSR count). The summed E-state index contributed by atoms with van der Waals surface area (Å²) in [6.07, 6.45) is -1.19. The average molecular weight is 339 g/mol. The molecule has 130 valence electrons. The molecule has 2 heterocycles. The zero-order valence-corrected chi connectivity index (χ0v) is 14.0. The van der Waals surface area contributed by atoms with E-state index in [2.05, 4.69) is 15.0 Å². The van der Waals surface area contributed by atoms with Gasteiger partial charge in [-0.2, -0.15) is 18.2 Å². The summed E-state index contributed by atoms with van der Waals surface area (Å²) in [4.78, 5) is 15.3. The first kappa shape index (κ1) is 18.0. The van der Waals surface area contributed by atoms with Crippen LogP contribution in [-0.4, -0.2) is 35.6 Å². The Bertz CT molecular complexity index is 673. The molecule has 0 fully saturated rings. The van der Waals surface area contributed by atoms with E-state index in [0.717, 1.165) is 11.6 Å². The molecule has 0 spiro atoms. The van der Waals surface area contributed by atoms with Crippen LogP contribution in [0.2, 0.25) is 0 Å². The largest absolute Gasteiger partial charge is 0.433 e. The van der Waals surface area contributed by atoms with Crippen molar-refractivity contribution in [3.05, 3.63) is 41.9 Å². The summed E-state index contributed by atoms with van der Waals surface area (Å²) in [5, 5.41) is 0. The fourth-order valence-electron chi connectivity index (χ4n) is 2.32. The Morgan fingerprint density at radius 1 is 1.21 bits per heavy atom. The predicted octanol–water partition coefficient (Wildman–Crippen LogP) is 3.54. The molecule has 0 aromatic carbocycles. The fourth-order valence-corrected chi connectivity index (χ4v) is 2.32. The lowest BCUT2D eigenvalue weighted by atomic mass is 10.1. The van der Waals surface area contributed by atoms with Crippen molar-refractivity contribution in [3.8, 4) is 0 Å². The Balaban J connectivity index is 2.49. The van der Waals surface area contributed by atoms with Crippen LogP contribution in [0.3, 0.4) is 0 Å². The van der Waals surface area contributed by atoms with E-state index in [1.165, 1.54) is 4.90 Å². The lowest BCUT2D eigenvalue weighted by molar-refractivity contribution is -0.141. The number of alkyl halides is 3. The van der Waals surface area contributed by atoms with Crippen molar-refractivity contribution in [2.75, 3.05) is 30.4 Å². The maximum Gasteiger partial charge on any atom is 0.433 e. The molecule has 1 unspecified atom stereocenters. The van der Waals surface area contributed by atoms with Gasteiger partial charge < -0.3 is 9.80 Å². The van der Waals surface area contributed by atoms with Gasteiger partial charge in [-0.3, -0.25) is 4.98 Å². The van der Waals surface area contributed by atoms with E-state index in [1.807, 2.05) is 19.9 Å². The summed E-state index contributed by atoms with van der Waals surface area (Å²) in [5.41, 5.74) is -0.0696. The van der Waals surface area contributed by atoms with E-state index >= 15 is 0 Å². The zero-order chi connectivity index (χ0) is 17.9. The van der Waals surface area contributed by atoms with E-state index in [4.69, 9.17) is 0 Å². The molecule has 24 heavy (non-hydrogen) atoms. The molecule has 0 saturated carbocycles. The van der Waals surface area contributed by atoms with E-state index in [-0.39, 0.29) is 17.8 Å². The highest BCUT2D eigenvalue weighted by Crippen LogP contribution is 2.32. The van der Waals surface area contributed by atoms with Crippen molar-refractivity contribution >= 4 is 11.8 Å². The molecule has 1 atom stereocenters. The van der Waals surface area contributed by atoms with Crippen LogP contribution in [0, 0.1) is 0 Å². The summed E-state index contributed by atoms with van der Waals surface area (Å²) in [5.74, 6) is 0.261. The number of aromatic nitrogens is 3. The van der Waals surface area contributed by atoms with Gasteiger partial charge in [-0.05, 0) is 25.5 Å². The highest BCUT2D eigenvalue weighted by molar-refractivity contribution is 5.46. The Labute approximate surface area is 139 Å². The summed E-state index contributed by atoms with van der Waals surface area (Å²) in [7, 11) is 3.29. The Morgan fingerprint density at radius 2 is 1.92 bits per heavy atom. The molecular formula is C16H20F3N5. The monoisotopic (exact) mass is 339 g/mol. The van der Waals surface area contributed by atoms with Gasteiger partial charge in [0.1, 0.15) is 5.82 Å². The van der Waals surface area contributed by atoms with E-state index in [1.54, 1.807) is 37.5 Å². The molecule has 0 saturated heterocycles. The molecule has 0 bridgehead atoms. The number of hydrogen-bond donors (Lipinski definition) is 0. The first-order chi connectivity index (χ1) is 11.2. The van der Waals surface area contributed by atoms with Gasteiger partial charge >= 0.3 is 6.18 Å². The standard InChI is InChI=1S/C16H20F3N5/c1-5-24(11(2)12-7-6-8-20-10-12)15-21-13(16(17,18)19)9-14(22-15)23(3)4/h6-11H,5H2,1-4H3. The third kappa shape index (κ3) is 3.93. The quantitative estimate of drug-likeness (QED) is 0.834. The Kier molecular flexibility index (Phi) is 5.26. The van der Waals surface area contributed by atoms with Crippen molar-refractivity contribution < 1.29 is 13.2 Å². The van der Waals surface area contributed by atoms with E-state index < -0.39 is 11.9 Å². The highest BCUT2D eigenvalue weighted by atomic mass is 19.4. The van der Waals surface area contributed by atoms with Crippen molar-refractivity contribution in [2.24, 2.45) is 0 Å². The average Bonchev–Trinajstić information content (AvgIpc) is 2.55. The van der Waals surface area contributed by atoms with Crippen LogP contribution in [-0.2, 0) is 6.18 Å². The Morgan fingerprint density at radius 3 is 2.42 bits per heavy atom. The SMILES string of the molecule is CCN(c1nc(N(C)C)cc(C(F)(F)F)n1)C(C)c1cccnc1. The van der Waals surface area contributed by atoms with Gasteiger partial charge in [0.2, 0.25) is 5.95 Å². The summed E-state index contributed by atoms with van der Waals surface area (Å²) < 4.78 is 39.5. The second kappa shape index (κ2) is 7.02. The first-order valence-electron chi connectivity index (χ1n) is 7.54. The van der Waals surface area contributed by atoms with Gasteiger partial charge in [0.05, 0.1) is 6.04 Å². The molecule has 2 aromatic rings. The van der Waals surface area contributed by atoms with Crippen molar-refractivity contribution in [2.45, 2.75) is 26.1 Å². The zero-order valence-electron chi connectivity index (χ0n) is 14.0. The van der Waals surface area contributed by atoms with Gasteiger partial charge in [0, 0.05) is 39.1 Å². The molecule has 2 aromatic heterocycles. The van der Waals surface area contributed by atoms with E-state index in [0.29, 0.717) is 6.54 Å². The number of halogens is 3. The molecule has 0 aliphatic heterocycles. The van der Waals surface area contributed by atoms with Gasteiger partial charge in [-0.15, -0.1) is 0 Å². The normalized spacial score (nSPS) is 12.8. The van der Waals surface area contributed by atoms with Crippen LogP contribution in [0.5, 0.6) is 0 Å². The molecule has 0 amide bonds. The van der Waals surface area contributed by atoms with Crippen LogP contribution in [0.1, 0.15) is 31.1 Å². The first-order valence-corrected chi connectivity index (χ1v) is 7.54. The predicted molar refractivity (Wildman–Crippen MR) is 87.0 cm³/mol. The van der Waals surface area contributed by atoms with Crippen molar-refractivity contribution in [1.82, 2.24) is 15.0 Å². The number of nitrogens with zero attached hydrogens (tertiary/aromatic N) is 5. The molecule has 0 aliphatic rings. The van der Waals surface area contributed by atoms with Crippen LogP contribution >= 0.6 is 0 Å².